The standard InChI is InChI=1S/C8H16O2S/c1-2-11-8-5-3-4-7(6-9)10-8/h7-9H,2-6H2,1H3. The summed E-state index contributed by atoms with van der Waals surface area (Å²) in [5, 5.41) is 8.84. The van der Waals surface area contributed by atoms with Crippen molar-refractivity contribution in [2.45, 2.75) is 37.7 Å². The molecule has 0 spiro atoms. The van der Waals surface area contributed by atoms with E-state index >= 15 is 0 Å². The van der Waals surface area contributed by atoms with Crippen LogP contribution in [0.4, 0.5) is 0 Å². The van der Waals surface area contributed by atoms with E-state index < -0.39 is 0 Å². The maximum absolute atomic E-state index is 8.84. The highest BCUT2D eigenvalue weighted by atomic mass is 32.2. The van der Waals surface area contributed by atoms with Crippen molar-refractivity contribution in [2.75, 3.05) is 12.4 Å². The molecule has 1 rings (SSSR count). The first-order valence-electron chi connectivity index (χ1n) is 4.24. The maximum Gasteiger partial charge on any atom is 0.103 e. The van der Waals surface area contributed by atoms with Gasteiger partial charge in [-0.1, -0.05) is 6.92 Å². The Balaban J connectivity index is 2.21. The number of rotatable bonds is 3. The van der Waals surface area contributed by atoms with Gasteiger partial charge in [-0.25, -0.2) is 0 Å². The second-order valence-electron chi connectivity index (χ2n) is 2.76. The zero-order chi connectivity index (χ0) is 8.10. The van der Waals surface area contributed by atoms with Crippen LogP contribution >= 0.6 is 11.8 Å². The van der Waals surface area contributed by atoms with Gasteiger partial charge in [0.05, 0.1) is 12.7 Å². The Kier molecular flexibility index (Phi) is 4.26. The third-order valence-electron chi connectivity index (χ3n) is 1.87. The van der Waals surface area contributed by atoms with Crippen LogP contribution in [0.3, 0.4) is 0 Å². The fourth-order valence-corrected chi connectivity index (χ4v) is 2.25. The van der Waals surface area contributed by atoms with Gasteiger partial charge in [-0.15, -0.1) is 11.8 Å². The smallest absolute Gasteiger partial charge is 0.103 e. The molecule has 3 heteroatoms. The molecule has 0 aromatic carbocycles. The fourth-order valence-electron chi connectivity index (χ4n) is 1.31. The molecule has 0 aromatic rings. The van der Waals surface area contributed by atoms with Gasteiger partial charge >= 0.3 is 0 Å². The number of hydrogen-bond acceptors (Lipinski definition) is 3. The molecular weight excluding hydrogens is 160 g/mol. The SMILES string of the molecule is CCSC1CCCC(CO)O1. The Morgan fingerprint density at radius 3 is 3.00 bits per heavy atom. The van der Waals surface area contributed by atoms with E-state index in [1.54, 1.807) is 0 Å². The molecule has 66 valence electrons. The van der Waals surface area contributed by atoms with E-state index in [0.29, 0.717) is 5.44 Å². The lowest BCUT2D eigenvalue weighted by Crippen LogP contribution is -2.28. The molecule has 1 aliphatic heterocycles. The Morgan fingerprint density at radius 2 is 2.36 bits per heavy atom. The molecular formula is C8H16O2S. The normalized spacial score (nSPS) is 32.2. The van der Waals surface area contributed by atoms with Crippen LogP contribution in [0.1, 0.15) is 26.2 Å². The van der Waals surface area contributed by atoms with Crippen molar-refractivity contribution in [2.24, 2.45) is 0 Å². The third kappa shape index (κ3) is 3.01. The highest BCUT2D eigenvalue weighted by Crippen LogP contribution is 2.26. The van der Waals surface area contributed by atoms with Crippen LogP contribution in [-0.4, -0.2) is 29.0 Å². The number of ether oxygens (including phenoxy) is 1. The van der Waals surface area contributed by atoms with Crippen LogP contribution in [0.15, 0.2) is 0 Å². The quantitative estimate of drug-likeness (QED) is 0.708. The summed E-state index contributed by atoms with van der Waals surface area (Å²) in [6.45, 7) is 2.32. The lowest BCUT2D eigenvalue weighted by molar-refractivity contribution is -0.0333. The molecule has 0 saturated carbocycles. The first kappa shape index (κ1) is 9.36. The molecule has 0 radical (unpaired) electrons. The molecule has 0 amide bonds. The summed E-state index contributed by atoms with van der Waals surface area (Å²) in [6.07, 6.45) is 3.47. The average molecular weight is 176 g/mol. The van der Waals surface area contributed by atoms with Gasteiger partial charge < -0.3 is 9.84 Å². The summed E-state index contributed by atoms with van der Waals surface area (Å²) in [7, 11) is 0. The van der Waals surface area contributed by atoms with E-state index in [0.717, 1.165) is 18.6 Å². The second-order valence-corrected chi connectivity index (χ2v) is 4.19. The number of aliphatic hydroxyl groups is 1. The highest BCUT2D eigenvalue weighted by Gasteiger charge is 2.20. The number of aliphatic hydroxyl groups excluding tert-OH is 1. The summed E-state index contributed by atoms with van der Waals surface area (Å²) in [4.78, 5) is 0. The van der Waals surface area contributed by atoms with E-state index in [4.69, 9.17) is 9.84 Å². The van der Waals surface area contributed by atoms with Crippen LogP contribution in [0.5, 0.6) is 0 Å². The Bertz CT molecular complexity index is 106. The van der Waals surface area contributed by atoms with Crippen molar-refractivity contribution in [3.05, 3.63) is 0 Å². The van der Waals surface area contributed by atoms with E-state index in [-0.39, 0.29) is 12.7 Å². The molecule has 0 bridgehead atoms. The molecule has 1 heterocycles. The molecule has 1 fully saturated rings. The van der Waals surface area contributed by atoms with Crippen LogP contribution < -0.4 is 0 Å². The number of thioether (sulfide) groups is 1. The molecule has 1 aliphatic rings. The van der Waals surface area contributed by atoms with Gasteiger partial charge in [-0.05, 0) is 25.0 Å². The molecule has 0 aliphatic carbocycles. The predicted octanol–water partition coefficient (Wildman–Crippen LogP) is 1.63. The van der Waals surface area contributed by atoms with Crippen molar-refractivity contribution >= 4 is 11.8 Å². The van der Waals surface area contributed by atoms with Crippen molar-refractivity contribution in [3.8, 4) is 0 Å². The van der Waals surface area contributed by atoms with Gasteiger partial charge in [-0.3, -0.25) is 0 Å². The van der Waals surface area contributed by atoms with Crippen LogP contribution in [0.25, 0.3) is 0 Å². The van der Waals surface area contributed by atoms with Crippen LogP contribution in [-0.2, 0) is 4.74 Å². The average Bonchev–Trinajstić information content (AvgIpc) is 2.06. The number of hydrogen-bond donors (Lipinski definition) is 1. The molecule has 11 heavy (non-hydrogen) atoms. The van der Waals surface area contributed by atoms with Crippen molar-refractivity contribution in [1.82, 2.24) is 0 Å². The molecule has 0 aromatic heterocycles. The lowest BCUT2D eigenvalue weighted by atomic mass is 10.1. The van der Waals surface area contributed by atoms with Gasteiger partial charge in [-0.2, -0.15) is 0 Å². The predicted molar refractivity (Wildman–Crippen MR) is 47.7 cm³/mol. The Hall–Kier alpha value is 0.270. The minimum atomic E-state index is 0.104. The van der Waals surface area contributed by atoms with Gasteiger partial charge in [0, 0.05) is 0 Å². The molecule has 2 atom stereocenters. The molecule has 2 nitrogen and oxygen atoms in total. The molecule has 1 N–H and O–H groups in total. The van der Waals surface area contributed by atoms with Crippen LogP contribution in [0, 0.1) is 0 Å². The van der Waals surface area contributed by atoms with Crippen molar-refractivity contribution in [1.29, 1.82) is 0 Å². The first-order valence-corrected chi connectivity index (χ1v) is 5.29. The summed E-state index contributed by atoms with van der Waals surface area (Å²) < 4.78 is 5.59. The van der Waals surface area contributed by atoms with Crippen molar-refractivity contribution < 1.29 is 9.84 Å². The Morgan fingerprint density at radius 1 is 1.55 bits per heavy atom. The monoisotopic (exact) mass is 176 g/mol. The highest BCUT2D eigenvalue weighted by molar-refractivity contribution is 7.99. The zero-order valence-electron chi connectivity index (χ0n) is 6.95. The van der Waals surface area contributed by atoms with Gasteiger partial charge in [0.15, 0.2) is 0 Å². The minimum Gasteiger partial charge on any atom is -0.394 e. The zero-order valence-corrected chi connectivity index (χ0v) is 7.77. The second kappa shape index (κ2) is 5.01. The van der Waals surface area contributed by atoms with Gasteiger partial charge in [0.25, 0.3) is 0 Å². The topological polar surface area (TPSA) is 29.5 Å². The van der Waals surface area contributed by atoms with Crippen LogP contribution in [0.2, 0.25) is 0 Å². The van der Waals surface area contributed by atoms with E-state index in [9.17, 15) is 0 Å². The summed E-state index contributed by atoms with van der Waals surface area (Å²) in [6, 6.07) is 0. The Labute approximate surface area is 72.3 Å². The van der Waals surface area contributed by atoms with Gasteiger partial charge in [0.2, 0.25) is 0 Å². The van der Waals surface area contributed by atoms with Crippen molar-refractivity contribution in [3.63, 3.8) is 0 Å². The fraction of sp³-hybridized carbons (Fsp3) is 1.00. The van der Waals surface area contributed by atoms with E-state index in [2.05, 4.69) is 6.92 Å². The molecule has 1 saturated heterocycles. The minimum absolute atomic E-state index is 0.104. The van der Waals surface area contributed by atoms with Gasteiger partial charge in [0.1, 0.15) is 5.44 Å². The summed E-state index contributed by atoms with van der Waals surface area (Å²) in [5.74, 6) is 1.10. The largest absolute Gasteiger partial charge is 0.394 e. The first-order chi connectivity index (χ1) is 5.36. The lowest BCUT2D eigenvalue weighted by Gasteiger charge is -2.28. The maximum atomic E-state index is 8.84. The van der Waals surface area contributed by atoms with E-state index in [1.807, 2.05) is 11.8 Å². The summed E-state index contributed by atoms with van der Waals surface area (Å²) in [5.41, 5.74) is 0.339. The summed E-state index contributed by atoms with van der Waals surface area (Å²) >= 11 is 1.84. The third-order valence-corrected chi connectivity index (χ3v) is 2.92. The molecule has 2 unspecified atom stereocenters. The van der Waals surface area contributed by atoms with E-state index in [1.165, 1.54) is 6.42 Å².